The molecule has 0 radical (unpaired) electrons. The van der Waals surface area contributed by atoms with Crippen LogP contribution in [0.2, 0.25) is 0 Å². The van der Waals surface area contributed by atoms with Crippen molar-refractivity contribution in [1.82, 2.24) is 9.88 Å². The Balaban J connectivity index is 3.08. The lowest BCUT2D eigenvalue weighted by atomic mass is 10.1. The minimum absolute atomic E-state index is 0.0479. The molecule has 0 aromatic carbocycles. The third-order valence-electron chi connectivity index (χ3n) is 1.74. The molecule has 0 aliphatic carbocycles. The molecule has 0 aliphatic heterocycles. The van der Waals surface area contributed by atoms with Gasteiger partial charge in [0.15, 0.2) is 5.78 Å². The van der Waals surface area contributed by atoms with Crippen molar-refractivity contribution in [2.75, 3.05) is 14.1 Å². The van der Waals surface area contributed by atoms with Crippen molar-refractivity contribution in [2.24, 2.45) is 0 Å². The number of aromatic nitrogens is 1. The Bertz CT molecular complexity index is 342. The topological polar surface area (TPSA) is 33.2 Å². The van der Waals surface area contributed by atoms with Gasteiger partial charge in [-0.25, -0.2) is 0 Å². The van der Waals surface area contributed by atoms with E-state index in [1.54, 1.807) is 25.5 Å². The Hall–Kier alpha value is -1.64. The summed E-state index contributed by atoms with van der Waals surface area (Å²) in [5.74, 6) is 0.0479. The lowest BCUT2D eigenvalue weighted by Crippen LogP contribution is -2.06. The van der Waals surface area contributed by atoms with Gasteiger partial charge in [-0.3, -0.25) is 9.78 Å². The van der Waals surface area contributed by atoms with Gasteiger partial charge >= 0.3 is 0 Å². The zero-order valence-electron chi connectivity index (χ0n) is 8.69. The van der Waals surface area contributed by atoms with Crippen LogP contribution in [0.5, 0.6) is 0 Å². The minimum Gasteiger partial charge on any atom is -0.383 e. The first-order valence-corrected chi connectivity index (χ1v) is 4.41. The van der Waals surface area contributed by atoms with Crippen LogP contribution in [0.15, 0.2) is 30.7 Å². The fourth-order valence-corrected chi connectivity index (χ4v) is 1.15. The maximum Gasteiger partial charge on any atom is 0.161 e. The molecule has 1 rings (SSSR count). The molecular weight excluding hydrogens is 176 g/mol. The van der Waals surface area contributed by atoms with Gasteiger partial charge in [0.1, 0.15) is 0 Å². The third kappa shape index (κ3) is 2.69. The number of Topliss-reactive ketones (excluding diaryl/α,β-unsaturated/α-hetero) is 1. The molecule has 0 fully saturated rings. The highest BCUT2D eigenvalue weighted by molar-refractivity contribution is 6.19. The summed E-state index contributed by atoms with van der Waals surface area (Å²) < 4.78 is 0. The van der Waals surface area contributed by atoms with Gasteiger partial charge in [0, 0.05) is 43.8 Å². The molecule has 1 aromatic heterocycles. The second kappa shape index (κ2) is 4.56. The zero-order chi connectivity index (χ0) is 10.6. The summed E-state index contributed by atoms with van der Waals surface area (Å²) in [7, 11) is 3.78. The number of hydrogen-bond acceptors (Lipinski definition) is 3. The van der Waals surface area contributed by atoms with Crippen molar-refractivity contribution in [3.63, 3.8) is 0 Å². The molecule has 1 aromatic rings. The predicted octanol–water partition coefficient (Wildman–Crippen LogP) is 1.57. The van der Waals surface area contributed by atoms with Gasteiger partial charge in [-0.05, 0) is 13.0 Å². The molecule has 0 bridgehead atoms. The molecule has 0 saturated carbocycles. The smallest absolute Gasteiger partial charge is 0.161 e. The monoisotopic (exact) mass is 190 g/mol. The van der Waals surface area contributed by atoms with Gasteiger partial charge in [-0.2, -0.15) is 0 Å². The first-order valence-electron chi connectivity index (χ1n) is 4.41. The highest BCUT2D eigenvalue weighted by atomic mass is 16.1. The zero-order valence-corrected chi connectivity index (χ0v) is 8.69. The fourth-order valence-electron chi connectivity index (χ4n) is 1.15. The van der Waals surface area contributed by atoms with Crippen molar-refractivity contribution in [2.45, 2.75) is 6.92 Å². The predicted molar refractivity (Wildman–Crippen MR) is 56.6 cm³/mol. The summed E-state index contributed by atoms with van der Waals surface area (Å²) >= 11 is 0. The third-order valence-corrected chi connectivity index (χ3v) is 1.74. The Morgan fingerprint density at radius 3 is 2.64 bits per heavy atom. The summed E-state index contributed by atoms with van der Waals surface area (Å²) in [4.78, 5) is 17.2. The van der Waals surface area contributed by atoms with Crippen LogP contribution in [-0.2, 0) is 4.79 Å². The van der Waals surface area contributed by atoms with E-state index in [9.17, 15) is 4.79 Å². The van der Waals surface area contributed by atoms with Crippen LogP contribution in [-0.4, -0.2) is 29.8 Å². The van der Waals surface area contributed by atoms with Gasteiger partial charge in [0.2, 0.25) is 0 Å². The van der Waals surface area contributed by atoms with Crippen LogP contribution < -0.4 is 0 Å². The summed E-state index contributed by atoms with van der Waals surface area (Å²) in [6, 6.07) is 3.70. The van der Waals surface area contributed by atoms with E-state index in [1.807, 2.05) is 31.1 Å². The molecular formula is C11H14N2O. The normalized spacial score (nSPS) is 11.2. The number of hydrogen-bond donors (Lipinski definition) is 0. The van der Waals surface area contributed by atoms with Crippen LogP contribution in [0, 0.1) is 0 Å². The Morgan fingerprint density at radius 2 is 2.21 bits per heavy atom. The number of pyridine rings is 1. The molecule has 14 heavy (non-hydrogen) atoms. The number of carbonyl (C=O) groups is 1. The van der Waals surface area contributed by atoms with Crippen molar-refractivity contribution in [3.8, 4) is 0 Å². The summed E-state index contributed by atoms with van der Waals surface area (Å²) in [5.41, 5.74) is 1.54. The molecule has 0 aliphatic rings. The largest absolute Gasteiger partial charge is 0.383 e. The number of ketones is 1. The van der Waals surface area contributed by atoms with Crippen LogP contribution in [0.1, 0.15) is 12.5 Å². The first-order chi connectivity index (χ1) is 6.61. The van der Waals surface area contributed by atoms with Crippen molar-refractivity contribution < 1.29 is 4.79 Å². The molecule has 0 N–H and O–H groups in total. The number of nitrogens with zero attached hydrogens (tertiary/aromatic N) is 2. The molecule has 3 nitrogen and oxygen atoms in total. The lowest BCUT2D eigenvalue weighted by Gasteiger charge is -2.09. The average Bonchev–Trinajstić information content (AvgIpc) is 2.15. The summed E-state index contributed by atoms with van der Waals surface area (Å²) in [6.07, 6.45) is 5.19. The van der Waals surface area contributed by atoms with Crippen LogP contribution in [0.4, 0.5) is 0 Å². The van der Waals surface area contributed by atoms with E-state index >= 15 is 0 Å². The Labute approximate surface area is 84.1 Å². The fraction of sp³-hybridized carbons (Fsp3) is 0.273. The molecule has 3 heteroatoms. The summed E-state index contributed by atoms with van der Waals surface area (Å²) in [5, 5.41) is 0. The molecule has 74 valence electrons. The maximum atomic E-state index is 11.4. The van der Waals surface area contributed by atoms with Crippen LogP contribution in [0.3, 0.4) is 0 Å². The van der Waals surface area contributed by atoms with Gasteiger partial charge in [0.25, 0.3) is 0 Å². The molecule has 0 saturated heterocycles. The number of rotatable bonds is 3. The van der Waals surface area contributed by atoms with Crippen LogP contribution >= 0.6 is 0 Å². The van der Waals surface area contributed by atoms with E-state index < -0.39 is 0 Å². The quantitative estimate of drug-likeness (QED) is 0.678. The molecule has 0 unspecified atom stereocenters. The number of carbonyl (C=O) groups excluding carboxylic acids is 1. The second-order valence-electron chi connectivity index (χ2n) is 3.30. The van der Waals surface area contributed by atoms with E-state index in [1.165, 1.54) is 0 Å². The molecule has 0 amide bonds. The molecule has 1 heterocycles. The van der Waals surface area contributed by atoms with Gasteiger partial charge in [-0.15, -0.1) is 0 Å². The summed E-state index contributed by atoms with van der Waals surface area (Å²) in [6.45, 7) is 1.56. The van der Waals surface area contributed by atoms with Gasteiger partial charge in [0.05, 0.1) is 0 Å². The molecule has 0 spiro atoms. The lowest BCUT2D eigenvalue weighted by molar-refractivity contribution is -0.111. The van der Waals surface area contributed by atoms with Crippen molar-refractivity contribution in [1.29, 1.82) is 0 Å². The number of allylic oxidation sites excluding steroid dienone is 1. The standard InChI is InChI=1S/C11H14N2O/c1-9(14)11(8-13(2)3)10-5-4-6-12-7-10/h4-8H,1-3H3/b11-8+. The van der Waals surface area contributed by atoms with Crippen molar-refractivity contribution in [3.05, 3.63) is 36.3 Å². The SMILES string of the molecule is CC(=O)/C(=C\N(C)C)c1cccnc1. The van der Waals surface area contributed by atoms with Gasteiger partial charge < -0.3 is 4.90 Å². The average molecular weight is 190 g/mol. The highest BCUT2D eigenvalue weighted by Gasteiger charge is 2.06. The second-order valence-corrected chi connectivity index (χ2v) is 3.30. The van der Waals surface area contributed by atoms with E-state index in [2.05, 4.69) is 4.98 Å². The Morgan fingerprint density at radius 1 is 1.50 bits per heavy atom. The first kappa shape index (κ1) is 10.4. The van der Waals surface area contributed by atoms with E-state index in [0.29, 0.717) is 5.57 Å². The van der Waals surface area contributed by atoms with E-state index in [4.69, 9.17) is 0 Å². The minimum atomic E-state index is 0.0479. The van der Waals surface area contributed by atoms with E-state index in [-0.39, 0.29) is 5.78 Å². The van der Waals surface area contributed by atoms with Gasteiger partial charge in [-0.1, -0.05) is 6.07 Å². The maximum absolute atomic E-state index is 11.4. The van der Waals surface area contributed by atoms with E-state index in [0.717, 1.165) is 5.56 Å². The molecule has 0 atom stereocenters. The highest BCUT2D eigenvalue weighted by Crippen LogP contribution is 2.13. The Kier molecular flexibility index (Phi) is 3.40. The van der Waals surface area contributed by atoms with Crippen molar-refractivity contribution >= 4 is 11.4 Å². The van der Waals surface area contributed by atoms with Crippen LogP contribution in [0.25, 0.3) is 5.57 Å².